The molecule has 31 heavy (non-hydrogen) atoms. The zero-order valence-corrected chi connectivity index (χ0v) is 18.3. The zero-order chi connectivity index (χ0) is 22.1. The van der Waals surface area contributed by atoms with Crippen molar-refractivity contribution in [2.24, 2.45) is 0 Å². The molecule has 0 radical (unpaired) electrons. The molecule has 156 valence electrons. The highest BCUT2D eigenvalue weighted by atomic mass is 35.5. The molecule has 0 aromatic heterocycles. The first-order valence-electron chi connectivity index (χ1n) is 9.40. The van der Waals surface area contributed by atoms with Crippen molar-refractivity contribution >= 4 is 52.3 Å². The van der Waals surface area contributed by atoms with Gasteiger partial charge in [0.15, 0.2) is 0 Å². The first-order chi connectivity index (χ1) is 14.9. The molecule has 7 heteroatoms. The molecule has 3 aromatic rings. The molecule has 1 N–H and O–H groups in total. The maximum absolute atomic E-state index is 13.0. The van der Waals surface area contributed by atoms with Crippen molar-refractivity contribution in [2.75, 3.05) is 0 Å². The molecule has 4 nitrogen and oxygen atoms in total. The molecule has 0 aliphatic carbocycles. The second-order valence-electron chi connectivity index (χ2n) is 7.09. The van der Waals surface area contributed by atoms with E-state index in [1.165, 1.54) is 4.90 Å². The molecule has 1 fully saturated rings. The van der Waals surface area contributed by atoms with Crippen LogP contribution < -0.4 is 0 Å². The number of carbonyl (C=O) groups excluding carboxylic acids is 2. The molecule has 1 heterocycles. The van der Waals surface area contributed by atoms with Crippen LogP contribution in [0.25, 0.3) is 5.76 Å². The van der Waals surface area contributed by atoms with Crippen LogP contribution in [-0.2, 0) is 16.1 Å². The third-order valence-corrected chi connectivity index (χ3v) is 6.10. The summed E-state index contributed by atoms with van der Waals surface area (Å²) in [5, 5.41) is 12.1. The Morgan fingerprint density at radius 1 is 0.871 bits per heavy atom. The summed E-state index contributed by atoms with van der Waals surface area (Å²) >= 11 is 18.2. The lowest BCUT2D eigenvalue weighted by Gasteiger charge is -2.25. The van der Waals surface area contributed by atoms with Crippen LogP contribution in [0.4, 0.5) is 0 Å². The molecule has 1 aliphatic heterocycles. The summed E-state index contributed by atoms with van der Waals surface area (Å²) in [6.45, 7) is 0.188. The Bertz CT molecular complexity index is 1190. The van der Waals surface area contributed by atoms with Gasteiger partial charge < -0.3 is 10.0 Å². The van der Waals surface area contributed by atoms with Crippen LogP contribution in [-0.4, -0.2) is 21.7 Å². The Balaban J connectivity index is 1.88. The fourth-order valence-corrected chi connectivity index (χ4v) is 4.05. The normalized spacial score (nSPS) is 17.9. The number of Topliss-reactive ketones (excluding diaryl/α,β-unsaturated/α-hetero) is 1. The van der Waals surface area contributed by atoms with Crippen molar-refractivity contribution in [1.29, 1.82) is 0 Å². The monoisotopic (exact) mass is 471 g/mol. The predicted molar refractivity (Wildman–Crippen MR) is 122 cm³/mol. The average molecular weight is 473 g/mol. The van der Waals surface area contributed by atoms with Gasteiger partial charge in [0, 0.05) is 17.1 Å². The second kappa shape index (κ2) is 8.75. The van der Waals surface area contributed by atoms with Gasteiger partial charge in [0.2, 0.25) is 0 Å². The van der Waals surface area contributed by atoms with Crippen molar-refractivity contribution in [3.05, 3.63) is 110 Å². The van der Waals surface area contributed by atoms with Gasteiger partial charge in [0.25, 0.3) is 11.7 Å². The Kier molecular flexibility index (Phi) is 6.05. The van der Waals surface area contributed by atoms with E-state index in [0.717, 1.165) is 5.56 Å². The summed E-state index contributed by atoms with van der Waals surface area (Å²) < 4.78 is 0. The number of likely N-dealkylation sites (tertiary alicyclic amines) is 1. The smallest absolute Gasteiger partial charge is 0.295 e. The lowest BCUT2D eigenvalue weighted by molar-refractivity contribution is -0.140. The van der Waals surface area contributed by atoms with E-state index in [4.69, 9.17) is 34.8 Å². The fourth-order valence-electron chi connectivity index (χ4n) is 3.62. The minimum absolute atomic E-state index is 0.0124. The largest absolute Gasteiger partial charge is 0.507 e. The van der Waals surface area contributed by atoms with E-state index in [9.17, 15) is 14.7 Å². The lowest BCUT2D eigenvalue weighted by atomic mass is 9.95. The van der Waals surface area contributed by atoms with E-state index >= 15 is 0 Å². The number of hydrogen-bond acceptors (Lipinski definition) is 3. The van der Waals surface area contributed by atoms with Gasteiger partial charge in [-0.05, 0) is 47.5 Å². The fraction of sp³-hybridized carbons (Fsp3) is 0.0833. The molecule has 0 bridgehead atoms. The van der Waals surface area contributed by atoms with Crippen molar-refractivity contribution < 1.29 is 14.7 Å². The van der Waals surface area contributed by atoms with Crippen LogP contribution in [0.3, 0.4) is 0 Å². The molecule has 1 atom stereocenters. The third kappa shape index (κ3) is 4.19. The van der Waals surface area contributed by atoms with Gasteiger partial charge in [-0.3, -0.25) is 9.59 Å². The van der Waals surface area contributed by atoms with Gasteiger partial charge in [0.05, 0.1) is 21.7 Å². The molecular weight excluding hydrogens is 457 g/mol. The molecule has 0 saturated carbocycles. The van der Waals surface area contributed by atoms with Crippen LogP contribution in [0, 0.1) is 0 Å². The van der Waals surface area contributed by atoms with E-state index < -0.39 is 17.7 Å². The summed E-state index contributed by atoms with van der Waals surface area (Å²) in [6.07, 6.45) is 0. The topological polar surface area (TPSA) is 57.6 Å². The summed E-state index contributed by atoms with van der Waals surface area (Å²) in [4.78, 5) is 27.5. The zero-order valence-electron chi connectivity index (χ0n) is 16.1. The molecule has 1 unspecified atom stereocenters. The second-order valence-corrected chi connectivity index (χ2v) is 8.34. The number of ketones is 1. The Labute approximate surface area is 194 Å². The number of aliphatic hydroxyl groups is 1. The van der Waals surface area contributed by atoms with Crippen LogP contribution in [0.1, 0.15) is 22.7 Å². The van der Waals surface area contributed by atoms with E-state index in [0.29, 0.717) is 21.2 Å². The average Bonchev–Trinajstić information content (AvgIpc) is 3.01. The quantitative estimate of drug-likeness (QED) is 0.277. The SMILES string of the molecule is O=C1C(=O)N(Cc2ccccc2)C(c2ccc(Cl)c(Cl)c2)C1=C(O)c1ccc(Cl)cc1. The third-order valence-electron chi connectivity index (χ3n) is 5.11. The van der Waals surface area contributed by atoms with Gasteiger partial charge in [-0.2, -0.15) is 0 Å². The molecule has 0 spiro atoms. The maximum atomic E-state index is 13.0. The van der Waals surface area contributed by atoms with Crippen LogP contribution in [0.5, 0.6) is 0 Å². The minimum atomic E-state index is -0.828. The summed E-state index contributed by atoms with van der Waals surface area (Å²) in [7, 11) is 0. The van der Waals surface area contributed by atoms with Gasteiger partial charge in [-0.25, -0.2) is 0 Å². The van der Waals surface area contributed by atoms with E-state index in [2.05, 4.69) is 0 Å². The van der Waals surface area contributed by atoms with Crippen LogP contribution in [0.2, 0.25) is 15.1 Å². The minimum Gasteiger partial charge on any atom is -0.507 e. The standard InChI is InChI=1S/C24H16Cl3NO3/c25-17-9-6-15(7-10-17)22(29)20-21(16-8-11-18(26)19(27)12-16)28(24(31)23(20)30)13-14-4-2-1-3-5-14/h1-12,21,29H,13H2. The molecular formula is C24H16Cl3NO3. The van der Waals surface area contributed by atoms with Crippen molar-refractivity contribution in [3.63, 3.8) is 0 Å². The lowest BCUT2D eigenvalue weighted by Crippen LogP contribution is -2.29. The number of halogens is 3. The maximum Gasteiger partial charge on any atom is 0.295 e. The Morgan fingerprint density at radius 3 is 2.19 bits per heavy atom. The number of aliphatic hydroxyl groups excluding tert-OH is 1. The Morgan fingerprint density at radius 2 is 1.55 bits per heavy atom. The first-order valence-corrected chi connectivity index (χ1v) is 10.5. The van der Waals surface area contributed by atoms with Gasteiger partial charge >= 0.3 is 0 Å². The van der Waals surface area contributed by atoms with Gasteiger partial charge in [-0.15, -0.1) is 0 Å². The molecule has 3 aromatic carbocycles. The molecule has 4 rings (SSSR count). The van der Waals surface area contributed by atoms with E-state index in [1.807, 2.05) is 30.3 Å². The van der Waals surface area contributed by atoms with E-state index in [1.54, 1.807) is 42.5 Å². The number of hydrogen-bond donors (Lipinski definition) is 1. The highest BCUT2D eigenvalue weighted by molar-refractivity contribution is 6.46. The summed E-state index contributed by atoms with van der Waals surface area (Å²) in [6, 6.07) is 19.8. The number of rotatable bonds is 4. The summed E-state index contributed by atoms with van der Waals surface area (Å²) in [5.41, 5.74) is 1.79. The van der Waals surface area contributed by atoms with Crippen molar-refractivity contribution in [2.45, 2.75) is 12.6 Å². The first kappa shape index (κ1) is 21.4. The van der Waals surface area contributed by atoms with E-state index in [-0.39, 0.29) is 22.9 Å². The van der Waals surface area contributed by atoms with Crippen LogP contribution >= 0.6 is 34.8 Å². The predicted octanol–water partition coefficient (Wildman–Crippen LogP) is 6.27. The highest BCUT2D eigenvalue weighted by Gasteiger charge is 2.46. The number of carbonyl (C=O) groups is 2. The molecule has 1 aliphatic rings. The molecule has 1 amide bonds. The Hall–Kier alpha value is -2.79. The van der Waals surface area contributed by atoms with Gasteiger partial charge in [0.1, 0.15) is 5.76 Å². The number of amides is 1. The van der Waals surface area contributed by atoms with Crippen molar-refractivity contribution in [1.82, 2.24) is 4.90 Å². The van der Waals surface area contributed by atoms with Crippen molar-refractivity contribution in [3.8, 4) is 0 Å². The number of nitrogens with zero attached hydrogens (tertiary/aromatic N) is 1. The molecule has 1 saturated heterocycles. The number of benzene rings is 3. The highest BCUT2D eigenvalue weighted by Crippen LogP contribution is 2.41. The summed E-state index contributed by atoms with van der Waals surface area (Å²) in [5.74, 6) is -1.74. The van der Waals surface area contributed by atoms with Gasteiger partial charge in [-0.1, -0.05) is 71.2 Å². The van der Waals surface area contributed by atoms with Crippen LogP contribution in [0.15, 0.2) is 78.4 Å².